The Balaban J connectivity index is 1.55. The summed E-state index contributed by atoms with van der Waals surface area (Å²) in [5.41, 5.74) is 0.341. The first kappa shape index (κ1) is 13.4. The van der Waals surface area contributed by atoms with Crippen molar-refractivity contribution >= 4 is 11.6 Å². The molecule has 5 nitrogen and oxygen atoms in total. The number of hydrogen-bond acceptors (Lipinski definition) is 4. The van der Waals surface area contributed by atoms with Gasteiger partial charge in [-0.1, -0.05) is 5.16 Å². The summed E-state index contributed by atoms with van der Waals surface area (Å²) in [6, 6.07) is 3.43. The molecule has 1 aromatic carbocycles. The predicted molar refractivity (Wildman–Crippen MR) is 72.3 cm³/mol. The summed E-state index contributed by atoms with van der Waals surface area (Å²) in [7, 11) is 0. The molecule has 22 heavy (non-hydrogen) atoms. The van der Waals surface area contributed by atoms with Crippen LogP contribution in [0.4, 0.5) is 14.5 Å². The van der Waals surface area contributed by atoms with Crippen molar-refractivity contribution in [2.24, 2.45) is 0 Å². The first-order chi connectivity index (χ1) is 10.6. The molecular weight excluding hydrogens is 292 g/mol. The van der Waals surface area contributed by atoms with E-state index < -0.39 is 11.6 Å². The first-order valence-electron chi connectivity index (χ1n) is 7.20. The Morgan fingerprint density at radius 3 is 2.73 bits per heavy atom. The average Bonchev–Trinajstić information content (AvgIpc) is 3.10. The van der Waals surface area contributed by atoms with Gasteiger partial charge in [0, 0.05) is 30.6 Å². The molecule has 0 bridgehead atoms. The number of nitrogens with zero attached hydrogens (tertiary/aromatic N) is 3. The molecule has 1 atom stereocenters. The number of carbonyl (C=O) groups excluding carboxylic acids is 1. The predicted octanol–water partition coefficient (Wildman–Crippen LogP) is 2.75. The van der Waals surface area contributed by atoms with Crippen molar-refractivity contribution in [1.29, 1.82) is 0 Å². The Morgan fingerprint density at radius 1 is 1.18 bits per heavy atom. The van der Waals surface area contributed by atoms with Gasteiger partial charge in [-0.3, -0.25) is 4.79 Å². The maximum atomic E-state index is 13.3. The van der Waals surface area contributed by atoms with E-state index in [0.717, 1.165) is 25.0 Å². The van der Waals surface area contributed by atoms with Gasteiger partial charge in [-0.2, -0.15) is 4.98 Å². The second-order valence-electron chi connectivity index (χ2n) is 5.77. The van der Waals surface area contributed by atoms with Gasteiger partial charge < -0.3 is 9.42 Å². The minimum absolute atomic E-state index is 0.165. The highest BCUT2D eigenvalue weighted by molar-refractivity contribution is 5.96. The number of hydrogen-bond donors (Lipinski definition) is 0. The SMILES string of the molecule is O=C1C[C@@H](c2nc(C3CC3)no2)CN1c1ccc(F)c(F)c1. The Labute approximate surface area is 124 Å². The Bertz CT molecular complexity index is 742. The van der Waals surface area contributed by atoms with E-state index in [1.165, 1.54) is 11.0 Å². The highest BCUT2D eigenvalue weighted by Crippen LogP contribution is 2.39. The number of halogens is 2. The van der Waals surface area contributed by atoms with Crippen LogP contribution in [0.1, 0.15) is 42.8 Å². The van der Waals surface area contributed by atoms with Crippen molar-refractivity contribution < 1.29 is 18.1 Å². The monoisotopic (exact) mass is 305 g/mol. The third-order valence-corrected chi connectivity index (χ3v) is 4.09. The number of carbonyl (C=O) groups is 1. The molecule has 1 saturated heterocycles. The molecule has 2 fully saturated rings. The van der Waals surface area contributed by atoms with Crippen LogP contribution in [0, 0.1) is 11.6 Å². The van der Waals surface area contributed by atoms with E-state index in [-0.39, 0.29) is 18.2 Å². The fourth-order valence-corrected chi connectivity index (χ4v) is 2.70. The van der Waals surface area contributed by atoms with Crippen molar-refractivity contribution in [2.45, 2.75) is 31.1 Å². The van der Waals surface area contributed by atoms with Crippen molar-refractivity contribution in [3.63, 3.8) is 0 Å². The fourth-order valence-electron chi connectivity index (χ4n) is 2.70. The van der Waals surface area contributed by atoms with E-state index >= 15 is 0 Å². The molecule has 1 saturated carbocycles. The molecule has 1 aliphatic carbocycles. The van der Waals surface area contributed by atoms with Crippen LogP contribution >= 0.6 is 0 Å². The normalized spacial score (nSPS) is 21.6. The number of rotatable bonds is 3. The smallest absolute Gasteiger partial charge is 0.232 e. The summed E-state index contributed by atoms with van der Waals surface area (Å²) in [6.45, 7) is 0.330. The van der Waals surface area contributed by atoms with Crippen molar-refractivity contribution in [2.75, 3.05) is 11.4 Å². The second-order valence-corrected chi connectivity index (χ2v) is 5.77. The lowest BCUT2D eigenvalue weighted by Gasteiger charge is -2.16. The van der Waals surface area contributed by atoms with Gasteiger partial charge in [-0.25, -0.2) is 8.78 Å². The van der Waals surface area contributed by atoms with E-state index in [2.05, 4.69) is 10.1 Å². The van der Waals surface area contributed by atoms with E-state index in [4.69, 9.17) is 4.52 Å². The maximum Gasteiger partial charge on any atom is 0.232 e. The van der Waals surface area contributed by atoms with Crippen molar-refractivity contribution in [1.82, 2.24) is 10.1 Å². The van der Waals surface area contributed by atoms with E-state index in [0.29, 0.717) is 29.9 Å². The average molecular weight is 305 g/mol. The number of anilines is 1. The zero-order valence-corrected chi connectivity index (χ0v) is 11.6. The van der Waals surface area contributed by atoms with Gasteiger partial charge in [0.25, 0.3) is 0 Å². The molecule has 7 heteroatoms. The molecule has 1 aromatic heterocycles. The zero-order chi connectivity index (χ0) is 15.3. The Morgan fingerprint density at radius 2 is 2.00 bits per heavy atom. The van der Waals surface area contributed by atoms with Gasteiger partial charge in [0.1, 0.15) is 0 Å². The highest BCUT2D eigenvalue weighted by atomic mass is 19.2. The summed E-state index contributed by atoms with van der Waals surface area (Å²) in [5, 5.41) is 3.95. The van der Waals surface area contributed by atoms with Crippen LogP contribution in [0.3, 0.4) is 0 Å². The minimum atomic E-state index is -0.970. The molecule has 0 radical (unpaired) electrons. The Kier molecular flexibility index (Phi) is 2.95. The lowest BCUT2D eigenvalue weighted by atomic mass is 10.1. The van der Waals surface area contributed by atoms with Crippen LogP contribution in [-0.4, -0.2) is 22.6 Å². The highest BCUT2D eigenvalue weighted by Gasteiger charge is 2.37. The summed E-state index contributed by atoms with van der Waals surface area (Å²) >= 11 is 0. The summed E-state index contributed by atoms with van der Waals surface area (Å²) in [4.78, 5) is 17.9. The van der Waals surface area contributed by atoms with Crippen LogP contribution in [0.25, 0.3) is 0 Å². The topological polar surface area (TPSA) is 59.2 Å². The third-order valence-electron chi connectivity index (χ3n) is 4.09. The Hall–Kier alpha value is -2.31. The third kappa shape index (κ3) is 2.26. The zero-order valence-electron chi connectivity index (χ0n) is 11.6. The van der Waals surface area contributed by atoms with Gasteiger partial charge in [-0.05, 0) is 25.0 Å². The van der Waals surface area contributed by atoms with Crippen molar-refractivity contribution in [3.05, 3.63) is 41.5 Å². The van der Waals surface area contributed by atoms with Crippen molar-refractivity contribution in [3.8, 4) is 0 Å². The second kappa shape index (κ2) is 4.86. The molecule has 2 aromatic rings. The summed E-state index contributed by atoms with van der Waals surface area (Å²) in [5.74, 6) is -0.741. The van der Waals surface area contributed by atoms with Gasteiger partial charge >= 0.3 is 0 Å². The first-order valence-corrected chi connectivity index (χ1v) is 7.20. The largest absolute Gasteiger partial charge is 0.339 e. The number of benzene rings is 1. The lowest BCUT2D eigenvalue weighted by Crippen LogP contribution is -2.24. The minimum Gasteiger partial charge on any atom is -0.339 e. The molecule has 4 rings (SSSR count). The number of amides is 1. The molecular formula is C15H13F2N3O2. The van der Waals surface area contributed by atoms with Gasteiger partial charge in [0.2, 0.25) is 11.8 Å². The molecule has 0 N–H and O–H groups in total. The van der Waals surface area contributed by atoms with E-state index in [1.54, 1.807) is 0 Å². The van der Waals surface area contributed by atoms with Crippen LogP contribution in [0.2, 0.25) is 0 Å². The van der Waals surface area contributed by atoms with Gasteiger partial charge in [-0.15, -0.1) is 0 Å². The molecule has 0 unspecified atom stereocenters. The number of aromatic nitrogens is 2. The molecule has 1 amide bonds. The molecule has 0 spiro atoms. The van der Waals surface area contributed by atoms with E-state index in [1.807, 2.05) is 0 Å². The van der Waals surface area contributed by atoms with Crippen LogP contribution in [0.15, 0.2) is 22.7 Å². The van der Waals surface area contributed by atoms with E-state index in [9.17, 15) is 13.6 Å². The fraction of sp³-hybridized carbons (Fsp3) is 0.400. The van der Waals surface area contributed by atoms with Crippen LogP contribution < -0.4 is 4.90 Å². The van der Waals surface area contributed by atoms with Crippen LogP contribution in [0.5, 0.6) is 0 Å². The quantitative estimate of drug-likeness (QED) is 0.875. The van der Waals surface area contributed by atoms with Gasteiger partial charge in [0.15, 0.2) is 17.5 Å². The lowest BCUT2D eigenvalue weighted by molar-refractivity contribution is -0.117. The molecule has 2 heterocycles. The molecule has 1 aliphatic heterocycles. The van der Waals surface area contributed by atoms with Gasteiger partial charge in [0.05, 0.1) is 5.92 Å². The standard InChI is InChI=1S/C15H13F2N3O2/c16-11-4-3-10(6-12(11)17)20-7-9(5-13(20)21)15-18-14(19-22-15)8-1-2-8/h3-4,6,8-9H,1-2,5,7H2/t9-/m1/s1. The summed E-state index contributed by atoms with van der Waals surface area (Å²) in [6.07, 6.45) is 2.37. The summed E-state index contributed by atoms with van der Waals surface area (Å²) < 4.78 is 31.6. The molecule has 2 aliphatic rings. The van der Waals surface area contributed by atoms with Crippen LogP contribution in [-0.2, 0) is 4.79 Å². The maximum absolute atomic E-state index is 13.3. The molecule has 114 valence electrons.